The molecule has 0 fully saturated rings. The number of nitrogens with zero attached hydrogens (tertiary/aromatic N) is 2. The molecule has 1 amide bonds. The van der Waals surface area contributed by atoms with Crippen LogP contribution in [0.5, 0.6) is 5.75 Å². The van der Waals surface area contributed by atoms with E-state index < -0.39 is 10.8 Å². The van der Waals surface area contributed by atoms with Crippen LogP contribution in [0.2, 0.25) is 0 Å². The number of amides is 1. The van der Waals surface area contributed by atoms with E-state index in [-0.39, 0.29) is 17.0 Å². The molecular weight excluding hydrogens is 366 g/mol. The molecule has 2 aromatic rings. The van der Waals surface area contributed by atoms with Crippen molar-refractivity contribution in [2.45, 2.75) is 6.92 Å². The Balaban J connectivity index is 2.10. The Hall–Kier alpha value is -2.74. The number of nitrogens with one attached hydrogen (secondary N) is 1. The number of nitro benzene ring substituents is 1. The largest absolute Gasteiger partial charge is 0.507 e. The smallest absolute Gasteiger partial charge is 0.272 e. The van der Waals surface area contributed by atoms with Crippen LogP contribution in [0, 0.1) is 17.0 Å². The standard InChI is InChI=1S/C15H12BrN3O4/c1-9-6-10(2-4-13(9)19(22)23)15(21)18-17-8-11-7-12(16)3-5-14(11)20/h2-8,20H,1H3,(H,18,21). The molecule has 7 nitrogen and oxygen atoms in total. The lowest BCUT2D eigenvalue weighted by molar-refractivity contribution is -0.385. The van der Waals surface area contributed by atoms with Crippen LogP contribution in [0.1, 0.15) is 21.5 Å². The van der Waals surface area contributed by atoms with E-state index >= 15 is 0 Å². The van der Waals surface area contributed by atoms with E-state index in [1.54, 1.807) is 19.1 Å². The van der Waals surface area contributed by atoms with Gasteiger partial charge in [-0.15, -0.1) is 0 Å². The molecule has 0 aliphatic rings. The van der Waals surface area contributed by atoms with Crippen molar-refractivity contribution in [2.24, 2.45) is 5.10 Å². The summed E-state index contributed by atoms with van der Waals surface area (Å²) in [6.07, 6.45) is 1.30. The summed E-state index contributed by atoms with van der Waals surface area (Å²) in [6.45, 7) is 1.55. The SMILES string of the molecule is Cc1cc(C(=O)NN=Cc2cc(Br)ccc2O)ccc1[N+](=O)[O-]. The van der Waals surface area contributed by atoms with Crippen LogP contribution in [-0.2, 0) is 0 Å². The van der Waals surface area contributed by atoms with E-state index in [2.05, 4.69) is 26.5 Å². The van der Waals surface area contributed by atoms with Crippen molar-refractivity contribution in [2.75, 3.05) is 0 Å². The zero-order valence-electron chi connectivity index (χ0n) is 12.0. The molecule has 0 aromatic heterocycles. The van der Waals surface area contributed by atoms with Gasteiger partial charge >= 0.3 is 0 Å². The van der Waals surface area contributed by atoms with E-state index in [4.69, 9.17) is 0 Å². The molecule has 0 aliphatic carbocycles. The molecule has 0 unspecified atom stereocenters. The number of hydrogen-bond acceptors (Lipinski definition) is 5. The van der Waals surface area contributed by atoms with Gasteiger partial charge in [0.2, 0.25) is 0 Å². The first-order valence-corrected chi connectivity index (χ1v) is 7.25. The highest BCUT2D eigenvalue weighted by molar-refractivity contribution is 9.10. The maximum atomic E-state index is 12.0. The normalized spacial score (nSPS) is 10.7. The molecule has 0 atom stereocenters. The van der Waals surface area contributed by atoms with Gasteiger partial charge in [-0.05, 0) is 37.3 Å². The number of phenols is 1. The van der Waals surface area contributed by atoms with Crippen molar-refractivity contribution in [3.05, 3.63) is 67.7 Å². The molecule has 2 rings (SSSR count). The van der Waals surface area contributed by atoms with E-state index in [0.717, 1.165) is 4.47 Å². The minimum Gasteiger partial charge on any atom is -0.507 e. The number of aryl methyl sites for hydroxylation is 1. The van der Waals surface area contributed by atoms with Crippen LogP contribution in [0.15, 0.2) is 46.0 Å². The van der Waals surface area contributed by atoms with Gasteiger partial charge in [0, 0.05) is 27.2 Å². The third-order valence-electron chi connectivity index (χ3n) is 3.01. The molecule has 8 heteroatoms. The van der Waals surface area contributed by atoms with Crippen LogP contribution >= 0.6 is 15.9 Å². The van der Waals surface area contributed by atoms with E-state index in [1.165, 1.54) is 30.5 Å². The van der Waals surface area contributed by atoms with Crippen LogP contribution < -0.4 is 5.43 Å². The van der Waals surface area contributed by atoms with Crippen molar-refractivity contribution >= 4 is 33.7 Å². The van der Waals surface area contributed by atoms with E-state index in [9.17, 15) is 20.0 Å². The van der Waals surface area contributed by atoms with Gasteiger partial charge in [-0.25, -0.2) is 5.43 Å². The van der Waals surface area contributed by atoms with Gasteiger partial charge in [0.1, 0.15) is 5.75 Å². The number of nitro groups is 1. The second-order valence-electron chi connectivity index (χ2n) is 4.66. The number of carbonyl (C=O) groups is 1. The molecule has 118 valence electrons. The summed E-state index contributed by atoms with van der Waals surface area (Å²) in [5, 5.41) is 24.2. The lowest BCUT2D eigenvalue weighted by Gasteiger charge is -2.03. The molecule has 0 heterocycles. The van der Waals surface area contributed by atoms with Crippen LogP contribution in [0.4, 0.5) is 5.69 Å². The summed E-state index contributed by atoms with van der Waals surface area (Å²) < 4.78 is 0.758. The Kier molecular flexibility index (Phi) is 5.07. The maximum Gasteiger partial charge on any atom is 0.272 e. The summed E-state index contributed by atoms with van der Waals surface area (Å²) in [7, 11) is 0. The summed E-state index contributed by atoms with van der Waals surface area (Å²) in [5.41, 5.74) is 3.32. The number of benzene rings is 2. The summed E-state index contributed by atoms with van der Waals surface area (Å²) in [6, 6.07) is 8.85. The van der Waals surface area contributed by atoms with Gasteiger partial charge in [-0.1, -0.05) is 15.9 Å². The Morgan fingerprint density at radius 3 is 2.74 bits per heavy atom. The molecule has 0 spiro atoms. The Morgan fingerprint density at radius 1 is 1.35 bits per heavy atom. The third kappa shape index (κ3) is 4.13. The second kappa shape index (κ2) is 7.01. The third-order valence-corrected chi connectivity index (χ3v) is 3.51. The predicted molar refractivity (Wildman–Crippen MR) is 88.7 cm³/mol. The zero-order chi connectivity index (χ0) is 17.0. The number of hydrazone groups is 1. The fourth-order valence-electron chi connectivity index (χ4n) is 1.86. The number of aromatic hydroxyl groups is 1. The van der Waals surface area contributed by atoms with Gasteiger partial charge in [0.15, 0.2) is 0 Å². The second-order valence-corrected chi connectivity index (χ2v) is 5.58. The summed E-state index contributed by atoms with van der Waals surface area (Å²) >= 11 is 3.27. The van der Waals surface area contributed by atoms with Gasteiger partial charge < -0.3 is 5.11 Å². The molecular formula is C15H12BrN3O4. The number of rotatable bonds is 4. The molecule has 0 radical (unpaired) electrons. The van der Waals surface area contributed by atoms with Crippen molar-refractivity contribution in [1.82, 2.24) is 5.43 Å². The molecule has 0 aliphatic heterocycles. The quantitative estimate of drug-likeness (QED) is 0.484. The predicted octanol–water partition coefficient (Wildman–Crippen LogP) is 3.14. The minimum absolute atomic E-state index is 0.0254. The molecule has 0 saturated carbocycles. The first-order chi connectivity index (χ1) is 10.9. The molecule has 0 saturated heterocycles. The fraction of sp³-hybridized carbons (Fsp3) is 0.0667. The lowest BCUT2D eigenvalue weighted by atomic mass is 10.1. The van der Waals surface area contributed by atoms with Gasteiger partial charge in [0.05, 0.1) is 11.1 Å². The number of halogens is 1. The molecule has 0 bridgehead atoms. The highest BCUT2D eigenvalue weighted by Crippen LogP contribution is 2.20. The molecule has 23 heavy (non-hydrogen) atoms. The number of hydrogen-bond donors (Lipinski definition) is 2. The van der Waals surface area contributed by atoms with Crippen LogP contribution in [-0.4, -0.2) is 22.2 Å². The van der Waals surface area contributed by atoms with E-state index in [1.807, 2.05) is 0 Å². The minimum atomic E-state index is -0.509. The van der Waals surface area contributed by atoms with E-state index in [0.29, 0.717) is 11.1 Å². The fourth-order valence-corrected chi connectivity index (χ4v) is 2.23. The Labute approximate surface area is 139 Å². The number of phenolic OH excluding ortho intramolecular Hbond substituents is 1. The molecule has 2 N–H and O–H groups in total. The lowest BCUT2D eigenvalue weighted by Crippen LogP contribution is -2.17. The average molecular weight is 378 g/mol. The first kappa shape index (κ1) is 16.6. The summed E-state index contributed by atoms with van der Waals surface area (Å²) in [4.78, 5) is 22.2. The topological polar surface area (TPSA) is 105 Å². The van der Waals surface area contributed by atoms with Crippen molar-refractivity contribution < 1.29 is 14.8 Å². The zero-order valence-corrected chi connectivity index (χ0v) is 13.6. The highest BCUT2D eigenvalue weighted by atomic mass is 79.9. The maximum absolute atomic E-state index is 12.0. The van der Waals surface area contributed by atoms with Crippen molar-refractivity contribution in [3.63, 3.8) is 0 Å². The van der Waals surface area contributed by atoms with Crippen molar-refractivity contribution in [3.8, 4) is 5.75 Å². The summed E-state index contributed by atoms with van der Waals surface area (Å²) in [5.74, 6) is -0.480. The average Bonchev–Trinajstić information content (AvgIpc) is 2.50. The monoisotopic (exact) mass is 377 g/mol. The van der Waals surface area contributed by atoms with Gasteiger partial charge in [-0.3, -0.25) is 14.9 Å². The van der Waals surface area contributed by atoms with Gasteiger partial charge in [-0.2, -0.15) is 5.10 Å². The van der Waals surface area contributed by atoms with Gasteiger partial charge in [0.25, 0.3) is 11.6 Å². The van der Waals surface area contributed by atoms with Crippen molar-refractivity contribution in [1.29, 1.82) is 0 Å². The van der Waals surface area contributed by atoms with Crippen LogP contribution in [0.3, 0.4) is 0 Å². The Bertz CT molecular complexity index is 805. The highest BCUT2D eigenvalue weighted by Gasteiger charge is 2.13. The Morgan fingerprint density at radius 2 is 2.09 bits per heavy atom. The molecule has 2 aromatic carbocycles. The number of carbonyl (C=O) groups excluding carboxylic acids is 1. The first-order valence-electron chi connectivity index (χ1n) is 6.45. The van der Waals surface area contributed by atoms with Crippen LogP contribution in [0.25, 0.3) is 0 Å².